The van der Waals surface area contributed by atoms with Gasteiger partial charge in [0.25, 0.3) is 0 Å². The topological polar surface area (TPSA) is 170 Å². The van der Waals surface area contributed by atoms with Crippen LogP contribution in [0.4, 0.5) is 0 Å². The number of carbonyl (C=O) groups is 2. The Kier molecular flexibility index (Phi) is 10.5. The zero-order valence-electron chi connectivity index (χ0n) is 13.0. The summed E-state index contributed by atoms with van der Waals surface area (Å²) in [6, 6.07) is 4.24. The highest BCUT2D eigenvalue weighted by Crippen LogP contribution is 2.27. The third-order valence-corrected chi connectivity index (χ3v) is 3.55. The number of carboxylic acid groups (broad SMARTS) is 2. The number of phenols is 2. The van der Waals surface area contributed by atoms with Crippen molar-refractivity contribution in [1.82, 2.24) is 5.32 Å². The van der Waals surface area contributed by atoms with Gasteiger partial charge in [-0.3, -0.25) is 0 Å². The molecule has 0 heterocycles. The normalized spacial score (nSPS) is 12.6. The van der Waals surface area contributed by atoms with E-state index in [1.165, 1.54) is 12.1 Å². The predicted octanol–water partition coefficient (Wildman–Crippen LogP) is -0.355. The first-order valence-electron chi connectivity index (χ1n) is 6.82. The number of aromatic hydroxyl groups is 2. The largest absolute Gasteiger partial charge is 0.617 e. The minimum absolute atomic E-state index is 0.204. The molecule has 0 spiro atoms. The second-order valence-corrected chi connectivity index (χ2v) is 6.26. The fourth-order valence-electron chi connectivity index (χ4n) is 1.50. The standard InChI is InChI=1S/C12H19NO4S.C2H2O4/c1-18(17)6-2-5-13-8-12(16)9-3-4-10(14)11(15)7-9;3-1(4)2(5)6/h3-4,7,12-16H,2,5-6,8H2,1H3;(H,3,4)(H,5,6)/t12-,18?;/m0./s1. The molecule has 1 unspecified atom stereocenters. The molecular weight excluding hydrogens is 342 g/mol. The van der Waals surface area contributed by atoms with Crippen molar-refractivity contribution >= 4 is 23.1 Å². The van der Waals surface area contributed by atoms with E-state index in [-0.39, 0.29) is 11.5 Å². The Morgan fingerprint density at radius 3 is 2.25 bits per heavy atom. The van der Waals surface area contributed by atoms with Crippen molar-refractivity contribution in [1.29, 1.82) is 0 Å². The maximum Gasteiger partial charge on any atom is 0.414 e. The van der Waals surface area contributed by atoms with Crippen LogP contribution in [-0.4, -0.2) is 67.1 Å². The number of hydrogen-bond acceptors (Lipinski definition) is 7. The molecule has 2 atom stereocenters. The zero-order valence-corrected chi connectivity index (χ0v) is 13.8. The number of carboxylic acids is 2. The van der Waals surface area contributed by atoms with Crippen molar-refractivity contribution in [2.24, 2.45) is 0 Å². The summed E-state index contributed by atoms with van der Waals surface area (Å²) in [6.07, 6.45) is 1.70. The Labute approximate surface area is 141 Å². The molecule has 0 bridgehead atoms. The van der Waals surface area contributed by atoms with Gasteiger partial charge in [-0.1, -0.05) is 17.2 Å². The maximum atomic E-state index is 10.8. The van der Waals surface area contributed by atoms with Crippen molar-refractivity contribution in [2.75, 3.05) is 25.1 Å². The highest BCUT2D eigenvalue weighted by molar-refractivity contribution is 7.90. The summed E-state index contributed by atoms with van der Waals surface area (Å²) in [5, 5.41) is 46.1. The lowest BCUT2D eigenvalue weighted by molar-refractivity contribution is -0.159. The van der Waals surface area contributed by atoms with Gasteiger partial charge in [0.15, 0.2) is 11.5 Å². The third kappa shape index (κ3) is 9.90. The second-order valence-electron chi connectivity index (χ2n) is 4.71. The van der Waals surface area contributed by atoms with Gasteiger partial charge in [-0.15, -0.1) is 0 Å². The molecule has 9 nitrogen and oxygen atoms in total. The monoisotopic (exact) mass is 363 g/mol. The molecule has 0 saturated carbocycles. The molecule has 6 N–H and O–H groups in total. The van der Waals surface area contributed by atoms with Crippen LogP contribution in [0.2, 0.25) is 0 Å². The molecule has 136 valence electrons. The molecule has 0 aliphatic rings. The Morgan fingerprint density at radius 2 is 1.79 bits per heavy atom. The number of aliphatic hydroxyl groups is 1. The van der Waals surface area contributed by atoms with E-state index in [1.807, 2.05) is 0 Å². The Balaban J connectivity index is 0.000000754. The van der Waals surface area contributed by atoms with Gasteiger partial charge in [-0.2, -0.15) is 0 Å². The number of rotatable bonds is 7. The molecule has 1 aromatic rings. The summed E-state index contributed by atoms with van der Waals surface area (Å²) in [7, 11) is 0. The number of nitrogens with one attached hydrogen (secondary N) is 1. The first kappa shape index (κ1) is 22.0. The molecule has 1 rings (SSSR count). The summed E-state index contributed by atoms with van der Waals surface area (Å²) in [6.45, 7) is 1.03. The molecule has 0 saturated heterocycles. The third-order valence-electron chi connectivity index (χ3n) is 2.69. The lowest BCUT2D eigenvalue weighted by atomic mass is 10.1. The predicted molar refractivity (Wildman–Crippen MR) is 86.4 cm³/mol. The molecule has 0 aromatic heterocycles. The number of hydrogen-bond donors (Lipinski definition) is 6. The van der Waals surface area contributed by atoms with Crippen LogP contribution in [0, 0.1) is 0 Å². The van der Waals surface area contributed by atoms with E-state index < -0.39 is 29.2 Å². The van der Waals surface area contributed by atoms with E-state index in [2.05, 4.69) is 5.32 Å². The molecular formula is C14H21NO8S. The quantitative estimate of drug-likeness (QED) is 0.164. The lowest BCUT2D eigenvalue weighted by Gasteiger charge is -2.13. The van der Waals surface area contributed by atoms with Crippen LogP contribution >= 0.6 is 0 Å². The van der Waals surface area contributed by atoms with Gasteiger partial charge < -0.3 is 35.4 Å². The molecule has 0 amide bonds. The average molecular weight is 363 g/mol. The highest BCUT2D eigenvalue weighted by atomic mass is 32.2. The molecule has 0 aliphatic carbocycles. The van der Waals surface area contributed by atoms with Crippen LogP contribution in [0.1, 0.15) is 18.1 Å². The van der Waals surface area contributed by atoms with Crippen molar-refractivity contribution in [2.45, 2.75) is 12.5 Å². The van der Waals surface area contributed by atoms with E-state index in [9.17, 15) is 14.8 Å². The van der Waals surface area contributed by atoms with Crippen LogP contribution in [-0.2, 0) is 20.8 Å². The number of phenolic OH excluding ortho intramolecular Hbond substituents is 2. The van der Waals surface area contributed by atoms with Crippen molar-refractivity contribution in [3.63, 3.8) is 0 Å². The fraction of sp³-hybridized carbons (Fsp3) is 0.429. The van der Waals surface area contributed by atoms with Gasteiger partial charge in [-0.25, -0.2) is 9.59 Å². The Morgan fingerprint density at radius 1 is 1.21 bits per heavy atom. The first-order chi connectivity index (χ1) is 11.1. The summed E-state index contributed by atoms with van der Waals surface area (Å²) >= 11 is -0.785. The zero-order chi connectivity index (χ0) is 18.7. The molecule has 0 radical (unpaired) electrons. The lowest BCUT2D eigenvalue weighted by Crippen LogP contribution is -2.24. The van der Waals surface area contributed by atoms with Crippen molar-refractivity contribution in [3.05, 3.63) is 23.8 Å². The molecule has 10 heteroatoms. The number of benzene rings is 1. The van der Waals surface area contributed by atoms with Gasteiger partial charge in [0, 0.05) is 13.0 Å². The van der Waals surface area contributed by atoms with Gasteiger partial charge in [0.1, 0.15) is 5.75 Å². The maximum absolute atomic E-state index is 10.8. The van der Waals surface area contributed by atoms with Crippen LogP contribution in [0.15, 0.2) is 18.2 Å². The summed E-state index contributed by atoms with van der Waals surface area (Å²) in [4.78, 5) is 18.2. The van der Waals surface area contributed by atoms with E-state index in [0.29, 0.717) is 24.4 Å². The number of aliphatic hydroxyl groups excluding tert-OH is 1. The highest BCUT2D eigenvalue weighted by Gasteiger charge is 2.09. The van der Waals surface area contributed by atoms with Gasteiger partial charge >= 0.3 is 11.9 Å². The van der Waals surface area contributed by atoms with Crippen LogP contribution in [0.25, 0.3) is 0 Å². The van der Waals surface area contributed by atoms with Crippen LogP contribution in [0.3, 0.4) is 0 Å². The Bertz CT molecular complexity index is 526. The molecule has 24 heavy (non-hydrogen) atoms. The van der Waals surface area contributed by atoms with E-state index in [4.69, 9.17) is 24.9 Å². The Hall–Kier alpha value is -2.01. The molecule has 0 fully saturated rings. The van der Waals surface area contributed by atoms with Crippen molar-refractivity contribution < 1.29 is 39.7 Å². The van der Waals surface area contributed by atoms with Gasteiger partial charge in [0.05, 0.1) is 12.4 Å². The average Bonchev–Trinajstić information content (AvgIpc) is 2.49. The summed E-state index contributed by atoms with van der Waals surface area (Å²) in [5.41, 5.74) is 0.539. The summed E-state index contributed by atoms with van der Waals surface area (Å²) in [5.74, 6) is -3.45. The van der Waals surface area contributed by atoms with Crippen LogP contribution in [0.5, 0.6) is 11.5 Å². The van der Waals surface area contributed by atoms with Crippen LogP contribution < -0.4 is 5.32 Å². The SMILES string of the molecule is C[S+]([O-])CCCNC[C@H](O)c1ccc(O)c(O)c1.O=C(O)C(=O)O. The molecule has 0 aliphatic heterocycles. The van der Waals surface area contributed by atoms with E-state index in [0.717, 1.165) is 6.42 Å². The summed E-state index contributed by atoms with van der Waals surface area (Å²) < 4.78 is 10.8. The van der Waals surface area contributed by atoms with E-state index >= 15 is 0 Å². The second kappa shape index (κ2) is 11.5. The minimum Gasteiger partial charge on any atom is -0.617 e. The molecule has 1 aromatic carbocycles. The van der Waals surface area contributed by atoms with E-state index in [1.54, 1.807) is 12.3 Å². The minimum atomic E-state index is -1.82. The fourth-order valence-corrected chi connectivity index (χ4v) is 2.06. The number of aliphatic carboxylic acids is 2. The first-order valence-corrected chi connectivity index (χ1v) is 8.54. The van der Waals surface area contributed by atoms with Gasteiger partial charge in [0.2, 0.25) is 0 Å². The van der Waals surface area contributed by atoms with Gasteiger partial charge in [-0.05, 0) is 24.2 Å². The smallest absolute Gasteiger partial charge is 0.414 e. The van der Waals surface area contributed by atoms with Crippen molar-refractivity contribution in [3.8, 4) is 11.5 Å².